The maximum absolute atomic E-state index is 13.9. The summed E-state index contributed by atoms with van der Waals surface area (Å²) < 4.78 is 55.2. The van der Waals surface area contributed by atoms with E-state index in [4.69, 9.17) is 14.2 Å². The molecule has 7 nitrogen and oxygen atoms in total. The predicted octanol–water partition coefficient (Wildman–Crippen LogP) is 3.66. The van der Waals surface area contributed by atoms with Crippen molar-refractivity contribution in [3.63, 3.8) is 0 Å². The Labute approximate surface area is 180 Å². The molecule has 1 N–H and O–H groups in total. The van der Waals surface area contributed by atoms with Crippen LogP contribution < -0.4 is 9.47 Å². The summed E-state index contributed by atoms with van der Waals surface area (Å²) in [6, 6.07) is 5.99. The van der Waals surface area contributed by atoms with Gasteiger partial charge in [0.1, 0.15) is 39.2 Å². The number of ether oxygens (including phenoxy) is 3. The van der Waals surface area contributed by atoms with Crippen LogP contribution in [0.25, 0.3) is 0 Å². The van der Waals surface area contributed by atoms with Crippen LogP contribution in [-0.4, -0.2) is 43.6 Å². The second-order valence-corrected chi connectivity index (χ2v) is 10.8. The molecule has 0 radical (unpaired) electrons. The van der Waals surface area contributed by atoms with Crippen molar-refractivity contribution in [1.82, 2.24) is 0 Å². The van der Waals surface area contributed by atoms with Gasteiger partial charge < -0.3 is 19.3 Å². The molecular formula is C22H25FO7S. The van der Waals surface area contributed by atoms with E-state index in [2.05, 4.69) is 0 Å². The number of hydrogen-bond donors (Lipinski definition) is 1. The fourth-order valence-corrected chi connectivity index (χ4v) is 3.96. The Balaban J connectivity index is 2.13. The van der Waals surface area contributed by atoms with Gasteiger partial charge in [0.25, 0.3) is 0 Å². The third-order valence-electron chi connectivity index (χ3n) is 4.57. The quantitative estimate of drug-likeness (QED) is 0.546. The number of aliphatic hydroxyl groups excluding tert-OH is 1. The van der Waals surface area contributed by atoms with E-state index < -0.39 is 32.8 Å². The van der Waals surface area contributed by atoms with Crippen LogP contribution in [0.15, 0.2) is 35.2 Å². The van der Waals surface area contributed by atoms with Crippen LogP contribution in [0.4, 0.5) is 4.39 Å². The zero-order valence-electron chi connectivity index (χ0n) is 18.0. The fourth-order valence-electron chi connectivity index (χ4n) is 3.18. The normalized spacial score (nSPS) is 18.3. The number of aliphatic hydroxyl groups is 1. The zero-order chi connectivity index (χ0) is 23.2. The highest BCUT2D eigenvalue weighted by molar-refractivity contribution is 7.90. The Morgan fingerprint density at radius 1 is 1.23 bits per heavy atom. The van der Waals surface area contributed by atoms with Crippen molar-refractivity contribution in [2.24, 2.45) is 0 Å². The minimum atomic E-state index is -3.72. The number of rotatable bonds is 5. The molecule has 3 rings (SSSR count). The molecular weight excluding hydrogens is 427 g/mol. The van der Waals surface area contributed by atoms with Crippen molar-refractivity contribution in [3.05, 3.63) is 47.3 Å². The molecule has 31 heavy (non-hydrogen) atoms. The Kier molecular flexibility index (Phi) is 5.79. The lowest BCUT2D eigenvalue weighted by Crippen LogP contribution is -2.34. The lowest BCUT2D eigenvalue weighted by molar-refractivity contribution is 0.00676. The molecule has 1 aliphatic heterocycles. The van der Waals surface area contributed by atoms with Crippen LogP contribution in [0.2, 0.25) is 0 Å². The molecule has 168 valence electrons. The monoisotopic (exact) mass is 452 g/mol. The highest BCUT2D eigenvalue weighted by atomic mass is 32.2. The molecule has 1 unspecified atom stereocenters. The van der Waals surface area contributed by atoms with E-state index in [0.717, 1.165) is 24.5 Å². The van der Waals surface area contributed by atoms with Crippen LogP contribution in [0, 0.1) is 5.82 Å². The molecule has 2 aromatic carbocycles. The fraction of sp³-hybridized carbons (Fsp3) is 0.409. The summed E-state index contributed by atoms with van der Waals surface area (Å²) in [6.45, 7) is 6.56. The summed E-state index contributed by atoms with van der Waals surface area (Å²) >= 11 is 0. The summed E-state index contributed by atoms with van der Waals surface area (Å²) in [4.78, 5) is 12.4. The first-order chi connectivity index (χ1) is 14.2. The maximum Gasteiger partial charge on any atom is 0.338 e. The molecule has 2 aromatic rings. The number of esters is 1. The van der Waals surface area contributed by atoms with E-state index in [1.54, 1.807) is 27.7 Å². The van der Waals surface area contributed by atoms with E-state index in [1.807, 2.05) is 0 Å². The van der Waals surface area contributed by atoms with E-state index in [0.29, 0.717) is 11.3 Å². The number of sulfone groups is 1. The maximum atomic E-state index is 13.9. The summed E-state index contributed by atoms with van der Waals surface area (Å²) in [7, 11) is -3.72. The largest absolute Gasteiger partial charge is 0.484 e. The van der Waals surface area contributed by atoms with Crippen LogP contribution in [0.5, 0.6) is 17.2 Å². The molecule has 0 amide bonds. The standard InChI is InChI=1S/C22H25FO7S/c1-21(2,3)30-20(25)13-8-16(15-11-22(4,12-24)29-17(15)9-13)28-18-10-14(23)6-7-19(18)31(5,26)27/h6-10,24H,11-12H2,1-5H3. The average Bonchev–Trinajstić information content (AvgIpc) is 2.96. The average molecular weight is 453 g/mol. The summed E-state index contributed by atoms with van der Waals surface area (Å²) in [5.41, 5.74) is -1.06. The Morgan fingerprint density at radius 2 is 1.90 bits per heavy atom. The third-order valence-corrected chi connectivity index (χ3v) is 5.71. The molecule has 0 fully saturated rings. The van der Waals surface area contributed by atoms with Crippen molar-refractivity contribution in [3.8, 4) is 17.2 Å². The highest BCUT2D eigenvalue weighted by Crippen LogP contribution is 2.44. The minimum absolute atomic E-state index is 0.114. The van der Waals surface area contributed by atoms with Gasteiger partial charge in [-0.05, 0) is 52.0 Å². The van der Waals surface area contributed by atoms with Crippen LogP contribution in [-0.2, 0) is 21.0 Å². The van der Waals surface area contributed by atoms with Crippen LogP contribution >= 0.6 is 0 Å². The third kappa shape index (κ3) is 5.16. The Hall–Kier alpha value is -2.65. The Morgan fingerprint density at radius 3 is 2.48 bits per heavy atom. The summed E-state index contributed by atoms with van der Waals surface area (Å²) in [5.74, 6) is -1.12. The lowest BCUT2D eigenvalue weighted by atomic mass is 9.98. The second-order valence-electron chi connectivity index (χ2n) is 8.81. The van der Waals surface area contributed by atoms with Gasteiger partial charge in [-0.2, -0.15) is 0 Å². The van der Waals surface area contributed by atoms with Gasteiger partial charge in [0, 0.05) is 24.3 Å². The van der Waals surface area contributed by atoms with Crippen molar-refractivity contribution in [2.75, 3.05) is 12.9 Å². The number of benzene rings is 2. The van der Waals surface area contributed by atoms with Gasteiger partial charge in [-0.1, -0.05) is 0 Å². The lowest BCUT2D eigenvalue weighted by Gasteiger charge is -2.21. The predicted molar refractivity (Wildman–Crippen MR) is 111 cm³/mol. The SMILES string of the molecule is CC(C)(C)OC(=O)c1cc(Oc2cc(F)ccc2S(C)(=O)=O)c2c(c1)OC(C)(CO)C2. The van der Waals surface area contributed by atoms with Gasteiger partial charge >= 0.3 is 5.97 Å². The number of hydrogen-bond acceptors (Lipinski definition) is 7. The van der Waals surface area contributed by atoms with E-state index in [1.165, 1.54) is 12.1 Å². The second kappa shape index (κ2) is 7.80. The highest BCUT2D eigenvalue weighted by Gasteiger charge is 2.38. The zero-order valence-corrected chi connectivity index (χ0v) is 18.8. The molecule has 0 aliphatic carbocycles. The molecule has 0 aromatic heterocycles. The number of carbonyl (C=O) groups excluding carboxylic acids is 1. The topological polar surface area (TPSA) is 99.1 Å². The summed E-state index contributed by atoms with van der Waals surface area (Å²) in [5, 5.41) is 9.71. The first-order valence-corrected chi connectivity index (χ1v) is 11.5. The van der Waals surface area contributed by atoms with Gasteiger partial charge in [-0.25, -0.2) is 17.6 Å². The van der Waals surface area contributed by atoms with Gasteiger partial charge in [0.2, 0.25) is 0 Å². The van der Waals surface area contributed by atoms with Crippen LogP contribution in [0.1, 0.15) is 43.6 Å². The first-order valence-electron chi connectivity index (χ1n) is 9.58. The number of carbonyl (C=O) groups is 1. The van der Waals surface area contributed by atoms with E-state index in [9.17, 15) is 22.7 Å². The van der Waals surface area contributed by atoms with Crippen molar-refractivity contribution < 1.29 is 36.9 Å². The molecule has 9 heteroatoms. The molecule has 0 saturated heterocycles. The van der Waals surface area contributed by atoms with Gasteiger partial charge in [-0.3, -0.25) is 0 Å². The van der Waals surface area contributed by atoms with Gasteiger partial charge in [0.05, 0.1) is 12.2 Å². The number of fused-ring (bicyclic) bond motifs is 1. The van der Waals surface area contributed by atoms with Gasteiger partial charge in [-0.15, -0.1) is 0 Å². The Bertz CT molecular complexity index is 1140. The smallest absolute Gasteiger partial charge is 0.338 e. The van der Waals surface area contributed by atoms with E-state index in [-0.39, 0.29) is 35.0 Å². The van der Waals surface area contributed by atoms with Gasteiger partial charge in [0.15, 0.2) is 9.84 Å². The molecule has 1 heterocycles. The van der Waals surface area contributed by atoms with E-state index >= 15 is 0 Å². The van der Waals surface area contributed by atoms with Crippen LogP contribution in [0.3, 0.4) is 0 Å². The summed E-state index contributed by atoms with van der Waals surface area (Å²) in [6.07, 6.45) is 1.23. The molecule has 1 aliphatic rings. The molecule has 0 saturated carbocycles. The first kappa shape index (κ1) is 23.0. The molecule has 0 spiro atoms. The minimum Gasteiger partial charge on any atom is -0.484 e. The van der Waals surface area contributed by atoms with Crippen molar-refractivity contribution in [2.45, 2.75) is 50.2 Å². The molecule has 1 atom stereocenters. The number of halogens is 1. The molecule has 0 bridgehead atoms. The van der Waals surface area contributed by atoms with Crippen molar-refractivity contribution >= 4 is 15.8 Å². The van der Waals surface area contributed by atoms with Crippen molar-refractivity contribution in [1.29, 1.82) is 0 Å².